The van der Waals surface area contributed by atoms with E-state index in [2.05, 4.69) is 37.5 Å². The molecular weight excluding hydrogens is 212 g/mol. The molecule has 0 aromatic carbocycles. The molecule has 1 aliphatic heterocycles. The van der Waals surface area contributed by atoms with Crippen LogP contribution in [0.5, 0.6) is 0 Å². The van der Waals surface area contributed by atoms with Crippen molar-refractivity contribution in [2.24, 2.45) is 5.41 Å². The van der Waals surface area contributed by atoms with Crippen molar-refractivity contribution in [3.05, 3.63) is 23.7 Å². The van der Waals surface area contributed by atoms with Gasteiger partial charge in [-0.15, -0.1) is 0 Å². The smallest absolute Gasteiger partial charge is 0.120 e. The van der Waals surface area contributed by atoms with Crippen molar-refractivity contribution in [2.45, 2.75) is 46.2 Å². The first-order valence-corrected chi connectivity index (χ1v) is 6.52. The first-order chi connectivity index (χ1) is 7.99. The van der Waals surface area contributed by atoms with E-state index in [1.54, 1.807) is 0 Å². The molecule has 0 saturated carbocycles. The van der Waals surface area contributed by atoms with Gasteiger partial charge in [0.1, 0.15) is 11.5 Å². The molecule has 2 N–H and O–H groups in total. The van der Waals surface area contributed by atoms with Gasteiger partial charge in [0.15, 0.2) is 0 Å². The summed E-state index contributed by atoms with van der Waals surface area (Å²) in [5.41, 5.74) is 0.300. The second kappa shape index (κ2) is 4.83. The lowest BCUT2D eigenvalue weighted by Gasteiger charge is -2.40. The zero-order valence-electron chi connectivity index (χ0n) is 11.3. The maximum absolute atomic E-state index is 5.68. The zero-order valence-corrected chi connectivity index (χ0v) is 11.3. The molecule has 1 aliphatic rings. The van der Waals surface area contributed by atoms with Crippen LogP contribution in [0.3, 0.4) is 0 Å². The summed E-state index contributed by atoms with van der Waals surface area (Å²) in [5.74, 6) is 2.02. The standard InChI is InChI=1S/C14H24N2O/c1-10-5-6-12(17-10)11(2)16-13-7-8-15-9-14(13,3)4/h5-6,11,13,15-16H,7-9H2,1-4H3. The van der Waals surface area contributed by atoms with Crippen LogP contribution in [0.25, 0.3) is 0 Å². The quantitative estimate of drug-likeness (QED) is 0.847. The van der Waals surface area contributed by atoms with E-state index in [0.29, 0.717) is 11.5 Å². The summed E-state index contributed by atoms with van der Waals surface area (Å²) in [6, 6.07) is 4.93. The molecule has 0 spiro atoms. The van der Waals surface area contributed by atoms with Crippen LogP contribution in [0, 0.1) is 12.3 Å². The molecule has 96 valence electrons. The Kier molecular flexibility index (Phi) is 3.59. The van der Waals surface area contributed by atoms with E-state index in [1.807, 2.05) is 13.0 Å². The number of aryl methyl sites for hydroxylation is 1. The van der Waals surface area contributed by atoms with E-state index in [1.165, 1.54) is 6.42 Å². The summed E-state index contributed by atoms with van der Waals surface area (Å²) in [6.07, 6.45) is 1.18. The molecule has 1 saturated heterocycles. The molecule has 0 amide bonds. The fourth-order valence-electron chi connectivity index (χ4n) is 2.55. The van der Waals surface area contributed by atoms with Gasteiger partial charge in [0.05, 0.1) is 6.04 Å². The van der Waals surface area contributed by atoms with E-state index < -0.39 is 0 Å². The summed E-state index contributed by atoms with van der Waals surface area (Å²) >= 11 is 0. The summed E-state index contributed by atoms with van der Waals surface area (Å²) in [6.45, 7) is 11.0. The highest BCUT2D eigenvalue weighted by atomic mass is 16.3. The Morgan fingerprint density at radius 2 is 2.24 bits per heavy atom. The summed E-state index contributed by atoms with van der Waals surface area (Å²) in [4.78, 5) is 0. The minimum atomic E-state index is 0.283. The lowest BCUT2D eigenvalue weighted by atomic mass is 9.79. The SMILES string of the molecule is Cc1ccc(C(C)NC2CCNCC2(C)C)o1. The van der Waals surface area contributed by atoms with Crippen molar-refractivity contribution in [1.29, 1.82) is 0 Å². The molecule has 3 nitrogen and oxygen atoms in total. The highest BCUT2D eigenvalue weighted by Gasteiger charge is 2.33. The van der Waals surface area contributed by atoms with E-state index in [0.717, 1.165) is 24.6 Å². The fourth-order valence-corrected chi connectivity index (χ4v) is 2.55. The third-order valence-electron chi connectivity index (χ3n) is 3.77. The van der Waals surface area contributed by atoms with E-state index in [-0.39, 0.29) is 6.04 Å². The summed E-state index contributed by atoms with van der Waals surface area (Å²) in [7, 11) is 0. The van der Waals surface area contributed by atoms with Crippen LogP contribution in [0.1, 0.15) is 44.8 Å². The highest BCUT2D eigenvalue weighted by molar-refractivity contribution is 5.09. The Balaban J connectivity index is 2.00. The number of hydrogen-bond acceptors (Lipinski definition) is 3. The molecule has 2 rings (SSSR count). The van der Waals surface area contributed by atoms with Gasteiger partial charge < -0.3 is 15.1 Å². The van der Waals surface area contributed by atoms with Gasteiger partial charge in [-0.1, -0.05) is 13.8 Å². The Morgan fingerprint density at radius 1 is 1.47 bits per heavy atom. The van der Waals surface area contributed by atoms with Crippen LogP contribution in [-0.2, 0) is 0 Å². The van der Waals surface area contributed by atoms with Gasteiger partial charge in [0.25, 0.3) is 0 Å². The van der Waals surface area contributed by atoms with E-state index in [4.69, 9.17) is 4.42 Å². The number of hydrogen-bond donors (Lipinski definition) is 2. The van der Waals surface area contributed by atoms with Crippen LogP contribution < -0.4 is 10.6 Å². The minimum Gasteiger partial charge on any atom is -0.465 e. The second-order valence-corrected chi connectivity index (χ2v) is 5.84. The summed E-state index contributed by atoms with van der Waals surface area (Å²) < 4.78 is 5.68. The van der Waals surface area contributed by atoms with Gasteiger partial charge in [0, 0.05) is 12.6 Å². The van der Waals surface area contributed by atoms with Gasteiger partial charge in [-0.25, -0.2) is 0 Å². The number of nitrogens with one attached hydrogen (secondary N) is 2. The molecule has 1 aromatic rings. The first kappa shape index (κ1) is 12.7. The molecule has 0 radical (unpaired) electrons. The van der Waals surface area contributed by atoms with Crippen molar-refractivity contribution >= 4 is 0 Å². The van der Waals surface area contributed by atoms with Gasteiger partial charge >= 0.3 is 0 Å². The molecule has 0 bridgehead atoms. The lowest BCUT2D eigenvalue weighted by molar-refractivity contribution is 0.169. The van der Waals surface area contributed by atoms with Crippen molar-refractivity contribution in [3.8, 4) is 0 Å². The molecule has 17 heavy (non-hydrogen) atoms. The normalized spacial score (nSPS) is 25.8. The van der Waals surface area contributed by atoms with Crippen molar-refractivity contribution in [3.63, 3.8) is 0 Å². The van der Waals surface area contributed by atoms with Crippen molar-refractivity contribution in [2.75, 3.05) is 13.1 Å². The predicted molar refractivity (Wildman–Crippen MR) is 70.1 cm³/mol. The average molecular weight is 236 g/mol. The average Bonchev–Trinajstić information content (AvgIpc) is 2.68. The summed E-state index contributed by atoms with van der Waals surface area (Å²) in [5, 5.41) is 7.16. The molecular formula is C14H24N2O. The minimum absolute atomic E-state index is 0.283. The van der Waals surface area contributed by atoms with Crippen LogP contribution in [-0.4, -0.2) is 19.1 Å². The third-order valence-corrected chi connectivity index (χ3v) is 3.77. The molecule has 2 atom stereocenters. The Labute approximate surface area is 104 Å². The van der Waals surface area contributed by atoms with Gasteiger partial charge in [-0.2, -0.15) is 0 Å². The monoisotopic (exact) mass is 236 g/mol. The molecule has 2 heterocycles. The topological polar surface area (TPSA) is 37.2 Å². The van der Waals surface area contributed by atoms with Gasteiger partial charge in [-0.3, -0.25) is 0 Å². The highest BCUT2D eigenvalue weighted by Crippen LogP contribution is 2.27. The lowest BCUT2D eigenvalue weighted by Crippen LogP contribution is -2.53. The van der Waals surface area contributed by atoms with Crippen LogP contribution in [0.2, 0.25) is 0 Å². The second-order valence-electron chi connectivity index (χ2n) is 5.84. The number of rotatable bonds is 3. The third kappa shape index (κ3) is 2.90. The maximum Gasteiger partial charge on any atom is 0.120 e. The Hall–Kier alpha value is -0.800. The van der Waals surface area contributed by atoms with Crippen LogP contribution in [0.4, 0.5) is 0 Å². The van der Waals surface area contributed by atoms with Crippen LogP contribution >= 0.6 is 0 Å². The largest absolute Gasteiger partial charge is 0.465 e. The van der Waals surface area contributed by atoms with E-state index in [9.17, 15) is 0 Å². The Morgan fingerprint density at radius 3 is 2.82 bits per heavy atom. The van der Waals surface area contributed by atoms with Crippen LogP contribution in [0.15, 0.2) is 16.5 Å². The predicted octanol–water partition coefficient (Wildman–Crippen LogP) is 2.63. The molecule has 0 aliphatic carbocycles. The van der Waals surface area contributed by atoms with Crippen molar-refractivity contribution < 1.29 is 4.42 Å². The molecule has 1 fully saturated rings. The van der Waals surface area contributed by atoms with Gasteiger partial charge in [0.2, 0.25) is 0 Å². The number of furan rings is 1. The Bertz CT molecular complexity index is 370. The fraction of sp³-hybridized carbons (Fsp3) is 0.714. The molecule has 1 aromatic heterocycles. The molecule has 2 unspecified atom stereocenters. The zero-order chi connectivity index (χ0) is 12.5. The number of piperidine rings is 1. The van der Waals surface area contributed by atoms with Gasteiger partial charge in [-0.05, 0) is 44.4 Å². The molecule has 3 heteroatoms. The first-order valence-electron chi connectivity index (χ1n) is 6.52. The maximum atomic E-state index is 5.68. The van der Waals surface area contributed by atoms with Crippen molar-refractivity contribution in [1.82, 2.24) is 10.6 Å². The van der Waals surface area contributed by atoms with E-state index >= 15 is 0 Å².